The normalized spacial score (nSPS) is 27.9. The maximum Gasteiger partial charge on any atom is 0.269 e. The van der Waals surface area contributed by atoms with Crippen LogP contribution in [0.3, 0.4) is 0 Å². The van der Waals surface area contributed by atoms with Crippen molar-refractivity contribution in [1.29, 1.82) is 0 Å². The van der Waals surface area contributed by atoms with Crippen LogP contribution in [-0.4, -0.2) is 15.8 Å². The van der Waals surface area contributed by atoms with Crippen LogP contribution in [0.5, 0.6) is 0 Å². The molecule has 1 aromatic carbocycles. The summed E-state index contributed by atoms with van der Waals surface area (Å²) in [5.41, 5.74) is 3.23. The Morgan fingerprint density at radius 2 is 1.89 bits per heavy atom. The van der Waals surface area contributed by atoms with Crippen molar-refractivity contribution in [2.24, 2.45) is 17.0 Å². The second-order valence-corrected chi connectivity index (χ2v) is 5.11. The molecule has 2 aliphatic carbocycles. The fourth-order valence-electron chi connectivity index (χ4n) is 3.25. The zero-order valence-corrected chi connectivity index (χ0v) is 9.87. The van der Waals surface area contributed by atoms with E-state index < -0.39 is 0 Å². The number of fused-ring (bicyclic) bond motifs is 3. The average Bonchev–Trinajstić information content (AvgIpc) is 2.64. The van der Waals surface area contributed by atoms with E-state index >= 15 is 0 Å². The summed E-state index contributed by atoms with van der Waals surface area (Å²) in [6.07, 6.45) is 3.67. The molecular formula is C13H14N2O3. The standard InChI is InChI=1S/C13H14N2O3/c16-14-13-9-1-2-10(13)6-11-7-12(15(17)18)4-3-8(11)5-9/h3-4,7,9-10,16H,1-2,5-6H2. The SMILES string of the molecule is O=[N+]([O-])c1ccc2c(c1)CC1CCC(C2)C1=NO. The van der Waals surface area contributed by atoms with Gasteiger partial charge in [-0.25, -0.2) is 0 Å². The number of rotatable bonds is 1. The Balaban J connectivity index is 2.02. The van der Waals surface area contributed by atoms with Crippen molar-refractivity contribution >= 4 is 11.4 Å². The van der Waals surface area contributed by atoms with Crippen molar-refractivity contribution in [1.82, 2.24) is 0 Å². The van der Waals surface area contributed by atoms with E-state index in [0.29, 0.717) is 5.92 Å². The van der Waals surface area contributed by atoms with Gasteiger partial charge >= 0.3 is 0 Å². The van der Waals surface area contributed by atoms with Crippen LogP contribution in [0.2, 0.25) is 0 Å². The van der Waals surface area contributed by atoms with Gasteiger partial charge in [-0.15, -0.1) is 0 Å². The Bertz CT molecular complexity index is 539. The smallest absolute Gasteiger partial charge is 0.269 e. The first-order valence-corrected chi connectivity index (χ1v) is 6.17. The third kappa shape index (κ3) is 1.66. The molecule has 0 aromatic heterocycles. The van der Waals surface area contributed by atoms with Crippen LogP contribution < -0.4 is 0 Å². The van der Waals surface area contributed by atoms with Crippen LogP contribution >= 0.6 is 0 Å². The van der Waals surface area contributed by atoms with Crippen LogP contribution in [0, 0.1) is 22.0 Å². The highest BCUT2D eigenvalue weighted by Crippen LogP contribution is 2.38. The lowest BCUT2D eigenvalue weighted by atomic mass is 9.93. The van der Waals surface area contributed by atoms with Crippen molar-refractivity contribution in [3.05, 3.63) is 39.4 Å². The number of nitro benzene ring substituents is 1. The molecular weight excluding hydrogens is 232 g/mol. The van der Waals surface area contributed by atoms with Gasteiger partial charge in [0, 0.05) is 24.0 Å². The minimum Gasteiger partial charge on any atom is -0.411 e. The summed E-state index contributed by atoms with van der Waals surface area (Å²) in [6.45, 7) is 0. The van der Waals surface area contributed by atoms with Gasteiger partial charge in [-0.05, 0) is 36.8 Å². The molecule has 0 radical (unpaired) electrons. The van der Waals surface area contributed by atoms with Crippen LogP contribution in [-0.2, 0) is 12.8 Å². The van der Waals surface area contributed by atoms with E-state index in [1.807, 2.05) is 6.07 Å². The summed E-state index contributed by atoms with van der Waals surface area (Å²) in [7, 11) is 0. The molecule has 1 N–H and O–H groups in total. The molecule has 1 aromatic rings. The zero-order valence-electron chi connectivity index (χ0n) is 9.87. The largest absolute Gasteiger partial charge is 0.411 e. The number of hydrogen-bond donors (Lipinski definition) is 1. The van der Waals surface area contributed by atoms with Gasteiger partial charge in [0.25, 0.3) is 5.69 Å². The molecule has 0 saturated heterocycles. The van der Waals surface area contributed by atoms with Crippen LogP contribution in [0.25, 0.3) is 0 Å². The third-order valence-corrected chi connectivity index (χ3v) is 4.15. The van der Waals surface area contributed by atoms with Crippen LogP contribution in [0.4, 0.5) is 5.69 Å². The summed E-state index contributed by atoms with van der Waals surface area (Å²) >= 11 is 0. The van der Waals surface area contributed by atoms with Gasteiger partial charge in [0.15, 0.2) is 0 Å². The molecule has 5 heteroatoms. The highest BCUT2D eigenvalue weighted by molar-refractivity contribution is 5.91. The van der Waals surface area contributed by atoms with Gasteiger partial charge < -0.3 is 5.21 Å². The molecule has 0 aliphatic heterocycles. The molecule has 2 bridgehead atoms. The summed E-state index contributed by atoms with van der Waals surface area (Å²) in [5, 5.41) is 23.3. The predicted octanol–water partition coefficient (Wildman–Crippen LogP) is 2.55. The van der Waals surface area contributed by atoms with Crippen molar-refractivity contribution in [2.75, 3.05) is 0 Å². The van der Waals surface area contributed by atoms with E-state index in [0.717, 1.165) is 42.5 Å². The number of hydrogen-bond acceptors (Lipinski definition) is 4. The van der Waals surface area contributed by atoms with Crippen molar-refractivity contribution < 1.29 is 10.1 Å². The van der Waals surface area contributed by atoms with E-state index in [2.05, 4.69) is 5.16 Å². The topological polar surface area (TPSA) is 75.7 Å². The Labute approximate surface area is 104 Å². The molecule has 18 heavy (non-hydrogen) atoms. The molecule has 3 rings (SSSR count). The van der Waals surface area contributed by atoms with E-state index in [1.54, 1.807) is 12.1 Å². The lowest BCUT2D eigenvalue weighted by Crippen LogP contribution is -2.14. The fraction of sp³-hybridized carbons (Fsp3) is 0.462. The average molecular weight is 246 g/mol. The quantitative estimate of drug-likeness (QED) is 0.470. The van der Waals surface area contributed by atoms with E-state index in [9.17, 15) is 10.1 Å². The monoisotopic (exact) mass is 246 g/mol. The second-order valence-electron chi connectivity index (χ2n) is 5.11. The van der Waals surface area contributed by atoms with Crippen LogP contribution in [0.15, 0.2) is 23.4 Å². The molecule has 1 fully saturated rings. The lowest BCUT2D eigenvalue weighted by Gasteiger charge is -2.11. The zero-order chi connectivity index (χ0) is 12.7. The van der Waals surface area contributed by atoms with E-state index in [4.69, 9.17) is 5.21 Å². The second kappa shape index (κ2) is 4.08. The third-order valence-electron chi connectivity index (χ3n) is 4.15. The number of oxime groups is 1. The summed E-state index contributed by atoms with van der Waals surface area (Å²) in [4.78, 5) is 10.4. The summed E-state index contributed by atoms with van der Waals surface area (Å²) < 4.78 is 0. The molecule has 94 valence electrons. The number of nitro groups is 1. The summed E-state index contributed by atoms with van der Waals surface area (Å²) in [5.74, 6) is 0.561. The van der Waals surface area contributed by atoms with E-state index in [1.165, 1.54) is 0 Å². The van der Waals surface area contributed by atoms with Gasteiger partial charge in [0.1, 0.15) is 0 Å². The van der Waals surface area contributed by atoms with E-state index in [-0.39, 0.29) is 16.5 Å². The molecule has 2 unspecified atom stereocenters. The lowest BCUT2D eigenvalue weighted by molar-refractivity contribution is -0.384. The Morgan fingerprint density at radius 3 is 2.50 bits per heavy atom. The van der Waals surface area contributed by atoms with Gasteiger partial charge in [0.05, 0.1) is 10.6 Å². The van der Waals surface area contributed by atoms with Gasteiger partial charge in [-0.1, -0.05) is 11.2 Å². The highest BCUT2D eigenvalue weighted by atomic mass is 16.6. The molecule has 0 heterocycles. The first-order chi connectivity index (χ1) is 8.69. The minimum atomic E-state index is -0.357. The fourth-order valence-corrected chi connectivity index (χ4v) is 3.25. The van der Waals surface area contributed by atoms with Crippen molar-refractivity contribution in [3.8, 4) is 0 Å². The molecule has 1 saturated carbocycles. The first-order valence-electron chi connectivity index (χ1n) is 6.17. The Kier molecular flexibility index (Phi) is 2.54. The summed E-state index contributed by atoms with van der Waals surface area (Å²) in [6, 6.07) is 5.09. The van der Waals surface area contributed by atoms with Crippen molar-refractivity contribution in [2.45, 2.75) is 25.7 Å². The Hall–Kier alpha value is -1.91. The minimum absolute atomic E-state index is 0.147. The highest BCUT2D eigenvalue weighted by Gasteiger charge is 2.36. The maximum absolute atomic E-state index is 10.8. The maximum atomic E-state index is 10.8. The molecule has 5 nitrogen and oxygen atoms in total. The number of non-ortho nitro benzene ring substituents is 1. The number of benzene rings is 1. The number of nitrogens with zero attached hydrogens (tertiary/aromatic N) is 2. The van der Waals surface area contributed by atoms with Gasteiger partial charge in [-0.3, -0.25) is 10.1 Å². The molecule has 2 atom stereocenters. The molecule has 0 amide bonds. The first kappa shape index (κ1) is 11.2. The molecule has 0 spiro atoms. The van der Waals surface area contributed by atoms with Gasteiger partial charge in [-0.2, -0.15) is 0 Å². The Morgan fingerprint density at radius 1 is 1.22 bits per heavy atom. The van der Waals surface area contributed by atoms with Gasteiger partial charge in [0.2, 0.25) is 0 Å². The predicted molar refractivity (Wildman–Crippen MR) is 65.9 cm³/mol. The molecule has 2 aliphatic rings. The van der Waals surface area contributed by atoms with Crippen molar-refractivity contribution in [3.63, 3.8) is 0 Å². The van der Waals surface area contributed by atoms with Crippen LogP contribution in [0.1, 0.15) is 24.0 Å².